The molecule has 5 rings (SSSR count). The second-order valence-electron chi connectivity index (χ2n) is 8.22. The van der Waals surface area contributed by atoms with Crippen molar-refractivity contribution in [2.24, 2.45) is 5.92 Å². The number of halogens is 1. The van der Waals surface area contributed by atoms with Gasteiger partial charge in [-0.05, 0) is 29.3 Å². The molecule has 0 saturated carbocycles. The van der Waals surface area contributed by atoms with Gasteiger partial charge in [-0.25, -0.2) is 4.39 Å². The molecule has 0 unspecified atom stereocenters. The zero-order valence-electron chi connectivity index (χ0n) is 17.4. The fourth-order valence-corrected chi connectivity index (χ4v) is 4.06. The first-order valence-electron chi connectivity index (χ1n) is 10.6. The third kappa shape index (κ3) is 4.08. The molecule has 0 spiro atoms. The van der Waals surface area contributed by atoms with Crippen molar-refractivity contribution in [3.63, 3.8) is 0 Å². The van der Waals surface area contributed by atoms with Gasteiger partial charge in [0, 0.05) is 37.1 Å². The highest BCUT2D eigenvalue weighted by Crippen LogP contribution is 2.29. The van der Waals surface area contributed by atoms with Gasteiger partial charge in [0.05, 0.1) is 12.2 Å². The van der Waals surface area contributed by atoms with E-state index in [1.54, 1.807) is 4.90 Å². The number of carbonyl (C=O) groups is 2. The Labute approximate surface area is 185 Å². The van der Waals surface area contributed by atoms with Gasteiger partial charge >= 0.3 is 0 Å². The van der Waals surface area contributed by atoms with Crippen LogP contribution in [-0.4, -0.2) is 42.9 Å². The molecule has 0 N–H and O–H groups in total. The van der Waals surface area contributed by atoms with Crippen LogP contribution in [0.15, 0.2) is 66.7 Å². The number of ketones is 1. The predicted molar refractivity (Wildman–Crippen MR) is 117 cm³/mol. The van der Waals surface area contributed by atoms with Gasteiger partial charge in [0.15, 0.2) is 5.78 Å². The quantitative estimate of drug-likeness (QED) is 0.609. The third-order valence-corrected chi connectivity index (χ3v) is 5.85. The Hall–Kier alpha value is -3.67. The van der Waals surface area contributed by atoms with Crippen molar-refractivity contribution in [1.82, 2.24) is 4.90 Å². The van der Waals surface area contributed by atoms with Crippen molar-refractivity contribution in [2.45, 2.75) is 6.42 Å². The van der Waals surface area contributed by atoms with E-state index < -0.39 is 5.82 Å². The van der Waals surface area contributed by atoms with Crippen LogP contribution in [0.5, 0.6) is 11.5 Å². The molecule has 0 aliphatic carbocycles. The summed E-state index contributed by atoms with van der Waals surface area (Å²) >= 11 is 0. The van der Waals surface area contributed by atoms with Gasteiger partial charge in [-0.2, -0.15) is 0 Å². The largest absolute Gasteiger partial charge is 0.493 e. The average Bonchev–Trinajstić information content (AvgIpc) is 2.78. The molecule has 162 valence electrons. The number of hydrogen-bond donors (Lipinski definition) is 0. The number of fused-ring (bicyclic) bond motifs is 1. The summed E-state index contributed by atoms with van der Waals surface area (Å²) in [6.07, 6.45) is 0.162. The molecule has 3 aromatic carbocycles. The van der Waals surface area contributed by atoms with Crippen molar-refractivity contribution in [1.29, 1.82) is 0 Å². The van der Waals surface area contributed by atoms with E-state index in [2.05, 4.69) is 12.1 Å². The molecule has 3 aromatic rings. The Morgan fingerprint density at radius 3 is 2.50 bits per heavy atom. The van der Waals surface area contributed by atoms with E-state index in [0.717, 1.165) is 16.9 Å². The smallest absolute Gasteiger partial charge is 0.256 e. The third-order valence-electron chi connectivity index (χ3n) is 5.85. The van der Waals surface area contributed by atoms with E-state index in [-0.39, 0.29) is 36.2 Å². The van der Waals surface area contributed by atoms with E-state index in [4.69, 9.17) is 9.47 Å². The summed E-state index contributed by atoms with van der Waals surface area (Å²) in [6.45, 7) is 1.45. The van der Waals surface area contributed by atoms with Crippen LogP contribution in [0.2, 0.25) is 0 Å². The standard InChI is InChI=1S/C26H22FNO4/c27-24-12-25-20(10-21(29)16-32-25)11-23(24)26(30)28-13-17(14-28)15-31-22-8-6-19(7-9-22)18-4-2-1-3-5-18/h1-9,11-12,17H,10,13-16H2. The first-order chi connectivity index (χ1) is 15.6. The first kappa shape index (κ1) is 20.2. The topological polar surface area (TPSA) is 55.8 Å². The van der Waals surface area contributed by atoms with Crippen LogP contribution in [0.25, 0.3) is 11.1 Å². The van der Waals surface area contributed by atoms with Crippen molar-refractivity contribution < 1.29 is 23.5 Å². The molecule has 1 amide bonds. The van der Waals surface area contributed by atoms with Crippen LogP contribution in [-0.2, 0) is 11.2 Å². The van der Waals surface area contributed by atoms with Gasteiger partial charge in [-0.3, -0.25) is 9.59 Å². The number of hydrogen-bond acceptors (Lipinski definition) is 4. The highest BCUT2D eigenvalue weighted by molar-refractivity contribution is 5.96. The summed E-state index contributed by atoms with van der Waals surface area (Å²) in [5.74, 6) is 0.235. The minimum atomic E-state index is -0.624. The summed E-state index contributed by atoms with van der Waals surface area (Å²) in [4.78, 5) is 25.9. The molecule has 0 bridgehead atoms. The molecule has 2 heterocycles. The van der Waals surface area contributed by atoms with Gasteiger partial charge < -0.3 is 14.4 Å². The zero-order valence-corrected chi connectivity index (χ0v) is 17.4. The molecular weight excluding hydrogens is 409 g/mol. The van der Waals surface area contributed by atoms with Gasteiger partial charge in [0.1, 0.15) is 23.9 Å². The lowest BCUT2D eigenvalue weighted by atomic mass is 9.97. The van der Waals surface area contributed by atoms with E-state index in [9.17, 15) is 14.0 Å². The van der Waals surface area contributed by atoms with Crippen LogP contribution >= 0.6 is 0 Å². The molecule has 1 fully saturated rings. The van der Waals surface area contributed by atoms with Gasteiger partial charge in [-0.15, -0.1) is 0 Å². The van der Waals surface area contributed by atoms with Crippen molar-refractivity contribution in [3.8, 4) is 22.6 Å². The molecule has 6 heteroatoms. The monoisotopic (exact) mass is 431 g/mol. The SMILES string of the molecule is O=C1COc2cc(F)c(C(=O)N3CC(COc4ccc(-c5ccccc5)cc4)C3)cc2C1. The fraction of sp³-hybridized carbons (Fsp3) is 0.231. The molecule has 1 saturated heterocycles. The second-order valence-corrected chi connectivity index (χ2v) is 8.22. The fourth-order valence-electron chi connectivity index (χ4n) is 4.06. The highest BCUT2D eigenvalue weighted by atomic mass is 19.1. The summed E-state index contributed by atoms with van der Waals surface area (Å²) in [6, 6.07) is 20.7. The molecule has 2 aliphatic rings. The first-order valence-corrected chi connectivity index (χ1v) is 10.6. The maximum absolute atomic E-state index is 14.4. The number of likely N-dealkylation sites (tertiary alicyclic amines) is 1. The van der Waals surface area contributed by atoms with Crippen LogP contribution in [0.1, 0.15) is 15.9 Å². The average molecular weight is 431 g/mol. The molecule has 32 heavy (non-hydrogen) atoms. The predicted octanol–water partition coefficient (Wildman–Crippen LogP) is 4.15. The van der Waals surface area contributed by atoms with Crippen LogP contribution in [0, 0.1) is 11.7 Å². The maximum Gasteiger partial charge on any atom is 0.256 e. The molecule has 0 aromatic heterocycles. The summed E-state index contributed by atoms with van der Waals surface area (Å²) in [7, 11) is 0. The lowest BCUT2D eigenvalue weighted by molar-refractivity contribution is -0.121. The maximum atomic E-state index is 14.4. The number of nitrogens with zero attached hydrogens (tertiary/aromatic N) is 1. The Morgan fingerprint density at radius 1 is 1.03 bits per heavy atom. The summed E-state index contributed by atoms with van der Waals surface area (Å²) in [5, 5.41) is 0. The number of rotatable bonds is 5. The zero-order chi connectivity index (χ0) is 22.1. The van der Waals surface area contributed by atoms with Crippen LogP contribution < -0.4 is 9.47 Å². The lowest BCUT2D eigenvalue weighted by Crippen LogP contribution is -2.52. The Bertz CT molecular complexity index is 1150. The van der Waals surface area contributed by atoms with Gasteiger partial charge in [-0.1, -0.05) is 42.5 Å². The number of ether oxygens (including phenoxy) is 2. The number of Topliss-reactive ketones (excluding diaryl/α,β-unsaturated/α-hetero) is 1. The van der Waals surface area contributed by atoms with E-state index in [1.807, 2.05) is 42.5 Å². The Kier molecular flexibility index (Phi) is 5.35. The summed E-state index contributed by atoms with van der Waals surface area (Å²) < 4.78 is 25.6. The molecule has 2 aliphatic heterocycles. The Balaban J connectivity index is 1.15. The van der Waals surface area contributed by atoms with Crippen molar-refractivity contribution in [2.75, 3.05) is 26.3 Å². The van der Waals surface area contributed by atoms with Gasteiger partial charge in [0.2, 0.25) is 0 Å². The Morgan fingerprint density at radius 2 is 1.75 bits per heavy atom. The minimum Gasteiger partial charge on any atom is -0.493 e. The van der Waals surface area contributed by atoms with E-state index in [1.165, 1.54) is 12.1 Å². The minimum absolute atomic E-state index is 0.0158. The lowest BCUT2D eigenvalue weighted by Gasteiger charge is -2.39. The normalized spacial score (nSPS) is 15.5. The number of benzene rings is 3. The highest BCUT2D eigenvalue weighted by Gasteiger charge is 2.33. The molecule has 5 nitrogen and oxygen atoms in total. The van der Waals surface area contributed by atoms with E-state index >= 15 is 0 Å². The number of carbonyl (C=O) groups excluding carboxylic acids is 2. The van der Waals surface area contributed by atoms with Crippen LogP contribution in [0.3, 0.4) is 0 Å². The van der Waals surface area contributed by atoms with Gasteiger partial charge in [0.25, 0.3) is 5.91 Å². The van der Waals surface area contributed by atoms with Crippen molar-refractivity contribution in [3.05, 3.63) is 83.7 Å². The molecular formula is C26H22FNO4. The van der Waals surface area contributed by atoms with E-state index in [0.29, 0.717) is 31.0 Å². The summed E-state index contributed by atoms with van der Waals surface area (Å²) in [5.41, 5.74) is 2.82. The van der Waals surface area contributed by atoms with Crippen LogP contribution in [0.4, 0.5) is 4.39 Å². The molecule has 0 atom stereocenters. The molecule has 0 radical (unpaired) electrons. The van der Waals surface area contributed by atoms with Crippen molar-refractivity contribution >= 4 is 11.7 Å². The second kappa shape index (κ2) is 8.46. The number of amides is 1.